The molecule has 3 rings (SSSR count). The van der Waals surface area contributed by atoms with Gasteiger partial charge in [0.25, 0.3) is 0 Å². The van der Waals surface area contributed by atoms with Gasteiger partial charge in [-0.1, -0.05) is 77.2 Å². The SMILES string of the molecule is C=CCNc1nnc(S[C@@H](C(=O)Nc2ccc(C)cc2)c2ccccc2)s1. The van der Waals surface area contributed by atoms with Crippen molar-refractivity contribution in [3.8, 4) is 0 Å². The Morgan fingerprint density at radius 3 is 2.63 bits per heavy atom. The number of aromatic nitrogens is 2. The molecule has 0 fully saturated rings. The van der Waals surface area contributed by atoms with E-state index in [1.807, 2.05) is 61.5 Å². The van der Waals surface area contributed by atoms with Crippen LogP contribution >= 0.6 is 23.1 Å². The summed E-state index contributed by atoms with van der Waals surface area (Å²) in [5, 5.41) is 14.7. The maximum Gasteiger partial charge on any atom is 0.242 e. The molecule has 0 bridgehead atoms. The summed E-state index contributed by atoms with van der Waals surface area (Å²) in [6, 6.07) is 17.5. The highest BCUT2D eigenvalue weighted by Gasteiger charge is 2.24. The van der Waals surface area contributed by atoms with Crippen molar-refractivity contribution in [3.63, 3.8) is 0 Å². The Balaban J connectivity index is 1.78. The summed E-state index contributed by atoms with van der Waals surface area (Å²) < 4.78 is 0.731. The van der Waals surface area contributed by atoms with E-state index >= 15 is 0 Å². The third-order valence-electron chi connectivity index (χ3n) is 3.68. The summed E-state index contributed by atoms with van der Waals surface area (Å²) in [5.41, 5.74) is 2.84. The van der Waals surface area contributed by atoms with Gasteiger partial charge in [0.15, 0.2) is 4.34 Å². The van der Waals surface area contributed by atoms with Gasteiger partial charge in [0, 0.05) is 12.2 Å². The Bertz CT molecular complexity index is 894. The Morgan fingerprint density at radius 1 is 1.19 bits per heavy atom. The summed E-state index contributed by atoms with van der Waals surface area (Å²) in [6.07, 6.45) is 1.76. The highest BCUT2D eigenvalue weighted by molar-refractivity contribution is 8.02. The van der Waals surface area contributed by atoms with Crippen molar-refractivity contribution in [3.05, 3.63) is 78.4 Å². The van der Waals surface area contributed by atoms with Gasteiger partial charge in [0.2, 0.25) is 11.0 Å². The van der Waals surface area contributed by atoms with Crippen LogP contribution < -0.4 is 10.6 Å². The van der Waals surface area contributed by atoms with Gasteiger partial charge in [0.05, 0.1) is 0 Å². The molecule has 0 aliphatic heterocycles. The Hall–Kier alpha value is -2.64. The van der Waals surface area contributed by atoms with Gasteiger partial charge in [-0.3, -0.25) is 4.79 Å². The van der Waals surface area contributed by atoms with E-state index in [1.54, 1.807) is 6.08 Å². The van der Waals surface area contributed by atoms with Crippen LogP contribution in [0.5, 0.6) is 0 Å². The molecule has 1 atom stereocenters. The summed E-state index contributed by atoms with van der Waals surface area (Å²) in [4.78, 5) is 13.0. The van der Waals surface area contributed by atoms with Gasteiger partial charge in [-0.15, -0.1) is 16.8 Å². The molecule has 0 radical (unpaired) electrons. The van der Waals surface area contributed by atoms with Crippen molar-refractivity contribution in [1.29, 1.82) is 0 Å². The molecule has 2 aromatic carbocycles. The van der Waals surface area contributed by atoms with E-state index in [0.29, 0.717) is 11.7 Å². The molecule has 2 N–H and O–H groups in total. The van der Waals surface area contributed by atoms with Gasteiger partial charge < -0.3 is 10.6 Å². The van der Waals surface area contributed by atoms with Crippen LogP contribution in [0.15, 0.2) is 71.6 Å². The molecule has 27 heavy (non-hydrogen) atoms. The first kappa shape index (κ1) is 19.1. The van der Waals surface area contributed by atoms with Gasteiger partial charge in [-0.2, -0.15) is 0 Å². The van der Waals surface area contributed by atoms with Crippen LogP contribution in [0.3, 0.4) is 0 Å². The van der Waals surface area contributed by atoms with Crippen molar-refractivity contribution in [1.82, 2.24) is 10.2 Å². The van der Waals surface area contributed by atoms with Gasteiger partial charge >= 0.3 is 0 Å². The van der Waals surface area contributed by atoms with Crippen molar-refractivity contribution in [2.45, 2.75) is 16.5 Å². The van der Waals surface area contributed by atoms with Gasteiger partial charge in [-0.25, -0.2) is 0 Å². The number of hydrogen-bond donors (Lipinski definition) is 2. The van der Waals surface area contributed by atoms with E-state index in [2.05, 4.69) is 27.4 Å². The third-order valence-corrected chi connectivity index (χ3v) is 5.90. The molecule has 0 aliphatic rings. The molecule has 0 aliphatic carbocycles. The minimum Gasteiger partial charge on any atom is -0.357 e. The quantitative estimate of drug-likeness (QED) is 0.418. The molecule has 0 saturated heterocycles. The normalized spacial score (nSPS) is 11.6. The van der Waals surface area contributed by atoms with Crippen LogP contribution in [-0.4, -0.2) is 22.6 Å². The lowest BCUT2D eigenvalue weighted by Crippen LogP contribution is -2.19. The molecule has 5 nitrogen and oxygen atoms in total. The number of nitrogens with zero attached hydrogens (tertiary/aromatic N) is 2. The Labute approximate surface area is 166 Å². The molecule has 138 valence electrons. The summed E-state index contributed by atoms with van der Waals surface area (Å²) in [7, 11) is 0. The van der Waals surface area contributed by atoms with E-state index in [4.69, 9.17) is 0 Å². The predicted octanol–water partition coefficient (Wildman–Crippen LogP) is 4.92. The topological polar surface area (TPSA) is 66.9 Å². The summed E-state index contributed by atoms with van der Waals surface area (Å²) >= 11 is 2.82. The number of carbonyl (C=O) groups is 1. The van der Waals surface area contributed by atoms with Crippen LogP contribution in [-0.2, 0) is 4.79 Å². The standard InChI is InChI=1S/C20H20N4OS2/c1-3-13-21-19-23-24-20(27-19)26-17(15-7-5-4-6-8-15)18(25)22-16-11-9-14(2)10-12-16/h3-12,17H,1,13H2,2H3,(H,21,23)(H,22,25)/t17-/m1/s1. The third kappa shape index (κ3) is 5.42. The monoisotopic (exact) mass is 396 g/mol. The van der Waals surface area contributed by atoms with E-state index in [0.717, 1.165) is 21.2 Å². The van der Waals surface area contributed by atoms with Gasteiger partial charge in [-0.05, 0) is 24.6 Å². The fraction of sp³-hybridized carbons (Fsp3) is 0.150. The van der Waals surface area contributed by atoms with Crippen molar-refractivity contribution >= 4 is 39.8 Å². The number of anilines is 2. The van der Waals surface area contributed by atoms with Gasteiger partial charge in [0.1, 0.15) is 5.25 Å². The van der Waals surface area contributed by atoms with E-state index in [1.165, 1.54) is 23.1 Å². The molecule has 1 heterocycles. The van der Waals surface area contributed by atoms with Crippen LogP contribution in [0.25, 0.3) is 0 Å². The predicted molar refractivity (Wildman–Crippen MR) is 113 cm³/mol. The maximum atomic E-state index is 13.0. The molecule has 1 aromatic heterocycles. The van der Waals surface area contributed by atoms with Crippen LogP contribution in [0.4, 0.5) is 10.8 Å². The number of nitrogens with one attached hydrogen (secondary N) is 2. The minimum absolute atomic E-state index is 0.0918. The molecule has 0 saturated carbocycles. The van der Waals surface area contributed by atoms with Crippen molar-refractivity contribution in [2.24, 2.45) is 0 Å². The minimum atomic E-state index is -0.423. The highest BCUT2D eigenvalue weighted by atomic mass is 32.2. The average Bonchev–Trinajstić information content (AvgIpc) is 3.14. The smallest absolute Gasteiger partial charge is 0.242 e. The first-order valence-corrected chi connectivity index (χ1v) is 10.1. The zero-order chi connectivity index (χ0) is 19.1. The number of benzene rings is 2. The largest absolute Gasteiger partial charge is 0.357 e. The lowest BCUT2D eigenvalue weighted by Gasteiger charge is -2.15. The second kappa shape index (κ2) is 9.34. The number of hydrogen-bond acceptors (Lipinski definition) is 6. The average molecular weight is 397 g/mol. The van der Waals surface area contributed by atoms with Crippen LogP contribution in [0, 0.1) is 6.92 Å². The second-order valence-electron chi connectivity index (χ2n) is 5.81. The Kier molecular flexibility index (Phi) is 6.62. The molecule has 3 aromatic rings. The molecular formula is C20H20N4OS2. The first-order valence-electron chi connectivity index (χ1n) is 8.43. The number of rotatable bonds is 8. The maximum absolute atomic E-state index is 13.0. The molecule has 1 amide bonds. The van der Waals surface area contributed by atoms with E-state index in [-0.39, 0.29) is 5.91 Å². The number of thioether (sulfide) groups is 1. The van der Waals surface area contributed by atoms with E-state index in [9.17, 15) is 4.79 Å². The molecular weight excluding hydrogens is 376 g/mol. The molecule has 7 heteroatoms. The Morgan fingerprint density at radius 2 is 1.93 bits per heavy atom. The fourth-order valence-electron chi connectivity index (χ4n) is 2.33. The van der Waals surface area contributed by atoms with E-state index < -0.39 is 5.25 Å². The lowest BCUT2D eigenvalue weighted by molar-refractivity contribution is -0.115. The first-order chi connectivity index (χ1) is 13.2. The number of carbonyl (C=O) groups excluding carboxylic acids is 1. The molecule has 0 unspecified atom stereocenters. The lowest BCUT2D eigenvalue weighted by atomic mass is 10.1. The van der Waals surface area contributed by atoms with Crippen LogP contribution in [0.2, 0.25) is 0 Å². The highest BCUT2D eigenvalue weighted by Crippen LogP contribution is 2.38. The van der Waals surface area contributed by atoms with Crippen molar-refractivity contribution < 1.29 is 4.79 Å². The van der Waals surface area contributed by atoms with Crippen molar-refractivity contribution in [2.75, 3.05) is 17.2 Å². The number of amides is 1. The molecule has 0 spiro atoms. The summed E-state index contributed by atoms with van der Waals surface area (Å²) in [6.45, 7) is 6.31. The number of aryl methyl sites for hydroxylation is 1. The zero-order valence-corrected chi connectivity index (χ0v) is 16.5. The fourth-order valence-corrected chi connectivity index (χ4v) is 4.29. The second-order valence-corrected chi connectivity index (χ2v) is 8.14. The van der Waals surface area contributed by atoms with Crippen LogP contribution in [0.1, 0.15) is 16.4 Å². The summed E-state index contributed by atoms with van der Waals surface area (Å²) in [5.74, 6) is -0.0918. The zero-order valence-electron chi connectivity index (χ0n) is 14.9.